The molecule has 0 spiro atoms. The van der Waals surface area contributed by atoms with E-state index in [-0.39, 0.29) is 24.7 Å². The minimum Gasteiger partial charge on any atom is -0.492 e. The third kappa shape index (κ3) is 6.79. The van der Waals surface area contributed by atoms with Crippen molar-refractivity contribution in [1.29, 1.82) is 0 Å². The molecule has 0 unspecified atom stereocenters. The molecule has 1 fully saturated rings. The minimum atomic E-state index is -0.829. The third-order valence-corrected chi connectivity index (χ3v) is 5.61. The van der Waals surface area contributed by atoms with Crippen LogP contribution in [0.3, 0.4) is 0 Å². The Kier molecular flexibility index (Phi) is 8.11. The number of piperazine rings is 1. The summed E-state index contributed by atoms with van der Waals surface area (Å²) < 4.78 is 33.5. The van der Waals surface area contributed by atoms with Gasteiger partial charge >= 0.3 is 6.08 Å². The van der Waals surface area contributed by atoms with Gasteiger partial charge < -0.3 is 15.4 Å². The molecule has 2 aromatic carbocycles. The van der Waals surface area contributed by atoms with Crippen LogP contribution in [0.1, 0.15) is 11.3 Å². The van der Waals surface area contributed by atoms with Crippen molar-refractivity contribution in [3.8, 4) is 16.9 Å². The van der Waals surface area contributed by atoms with E-state index in [1.54, 1.807) is 36.4 Å². The molecule has 0 radical (unpaired) electrons. The number of aromatic nitrogens is 2. The summed E-state index contributed by atoms with van der Waals surface area (Å²) in [4.78, 5) is 21.5. The van der Waals surface area contributed by atoms with Crippen molar-refractivity contribution < 1.29 is 18.3 Å². The lowest BCUT2D eigenvalue weighted by atomic mass is 10.0. The van der Waals surface area contributed by atoms with Crippen LogP contribution in [0.2, 0.25) is 0 Å². The average molecular weight is 468 g/mol. The number of nitrogens with zero attached hydrogens (tertiary/aromatic N) is 3. The maximum absolute atomic E-state index is 14.7. The Labute approximate surface area is 197 Å². The highest BCUT2D eigenvalue weighted by Crippen LogP contribution is 2.26. The lowest BCUT2D eigenvalue weighted by Crippen LogP contribution is -2.44. The molecule has 1 aliphatic heterocycles. The molecular formula is C25H27F2N5O2. The maximum Gasteiger partial charge on any atom is 0.308 e. The summed E-state index contributed by atoms with van der Waals surface area (Å²) in [6.07, 6.45) is 0.619. The van der Waals surface area contributed by atoms with Crippen LogP contribution >= 0.6 is 0 Å². The zero-order valence-electron chi connectivity index (χ0n) is 18.8. The van der Waals surface area contributed by atoms with E-state index in [2.05, 4.69) is 25.5 Å². The molecule has 2 N–H and O–H groups in total. The van der Waals surface area contributed by atoms with E-state index in [1.165, 1.54) is 18.3 Å². The molecule has 2 heterocycles. The van der Waals surface area contributed by atoms with Gasteiger partial charge in [-0.1, -0.05) is 24.3 Å². The molecule has 4 rings (SSSR count). The van der Waals surface area contributed by atoms with Gasteiger partial charge in [0.15, 0.2) is 0 Å². The maximum atomic E-state index is 14.7. The second kappa shape index (κ2) is 11.6. The number of benzene rings is 2. The van der Waals surface area contributed by atoms with Crippen LogP contribution in [0.5, 0.6) is 5.75 Å². The van der Waals surface area contributed by atoms with Gasteiger partial charge in [-0.25, -0.2) is 14.4 Å². The van der Waals surface area contributed by atoms with Gasteiger partial charge in [-0.3, -0.25) is 9.69 Å². The standard InChI is InChI=1S/C25H27F2N5O2/c26-23-16-21(34-14-13-32-11-9-28-10-12-32)5-6-22(23)19-3-1-18(2-4-19)15-24(33)30-17-20-7-8-29-25(27)31-20/h1-8,16,28H,9-15,17H2,(H,30,33). The van der Waals surface area contributed by atoms with Crippen LogP contribution in [0.15, 0.2) is 54.7 Å². The van der Waals surface area contributed by atoms with Gasteiger partial charge in [0, 0.05) is 50.6 Å². The summed E-state index contributed by atoms with van der Waals surface area (Å²) in [5, 5.41) is 6.01. The topological polar surface area (TPSA) is 79.4 Å². The van der Waals surface area contributed by atoms with Crippen molar-refractivity contribution in [3.05, 3.63) is 77.9 Å². The second-order valence-corrected chi connectivity index (χ2v) is 8.05. The highest BCUT2D eigenvalue weighted by molar-refractivity contribution is 5.78. The summed E-state index contributed by atoms with van der Waals surface area (Å²) in [6.45, 7) is 5.41. The Morgan fingerprint density at radius 2 is 1.88 bits per heavy atom. The SMILES string of the molecule is O=C(Cc1ccc(-c2ccc(OCCN3CCNCC3)cc2F)cc1)NCc1ccnc(F)n1. The van der Waals surface area contributed by atoms with Gasteiger partial charge in [-0.15, -0.1) is 0 Å². The van der Waals surface area contributed by atoms with Gasteiger partial charge in [0.2, 0.25) is 5.91 Å². The third-order valence-electron chi connectivity index (χ3n) is 5.61. The first-order valence-corrected chi connectivity index (χ1v) is 11.3. The summed E-state index contributed by atoms with van der Waals surface area (Å²) in [5.74, 6) is -0.0734. The normalized spacial score (nSPS) is 14.1. The Hall–Kier alpha value is -3.43. The van der Waals surface area contributed by atoms with E-state index >= 15 is 0 Å². The number of hydrogen-bond donors (Lipinski definition) is 2. The zero-order valence-corrected chi connectivity index (χ0v) is 18.8. The molecular weight excluding hydrogens is 440 g/mol. The van der Waals surface area contributed by atoms with E-state index in [1.807, 2.05) is 0 Å². The van der Waals surface area contributed by atoms with E-state index in [4.69, 9.17) is 4.74 Å². The summed E-state index contributed by atoms with van der Waals surface area (Å²) in [5.41, 5.74) is 2.35. The molecule has 0 aliphatic carbocycles. The van der Waals surface area contributed by atoms with Crippen LogP contribution in [-0.4, -0.2) is 60.1 Å². The van der Waals surface area contributed by atoms with Gasteiger partial charge in [-0.2, -0.15) is 4.39 Å². The number of hydrogen-bond acceptors (Lipinski definition) is 6. The van der Waals surface area contributed by atoms with Crippen molar-refractivity contribution in [2.75, 3.05) is 39.3 Å². The van der Waals surface area contributed by atoms with Crippen LogP contribution in [0, 0.1) is 11.9 Å². The molecule has 9 heteroatoms. The summed E-state index contributed by atoms with van der Waals surface area (Å²) >= 11 is 0. The zero-order chi connectivity index (χ0) is 23.8. The monoisotopic (exact) mass is 467 g/mol. The van der Waals surface area contributed by atoms with E-state index in [9.17, 15) is 13.6 Å². The highest BCUT2D eigenvalue weighted by atomic mass is 19.1. The van der Waals surface area contributed by atoms with Gasteiger partial charge in [0.1, 0.15) is 18.2 Å². The highest BCUT2D eigenvalue weighted by Gasteiger charge is 2.11. The molecule has 1 aliphatic rings. The number of carbonyl (C=O) groups is 1. The molecule has 1 aromatic heterocycles. The van der Waals surface area contributed by atoms with Crippen LogP contribution in [0.4, 0.5) is 8.78 Å². The molecule has 178 valence electrons. The Morgan fingerprint density at radius 3 is 2.62 bits per heavy atom. The van der Waals surface area contributed by atoms with Crippen LogP contribution in [0.25, 0.3) is 11.1 Å². The molecule has 0 bridgehead atoms. The molecule has 0 atom stereocenters. The van der Waals surface area contributed by atoms with Gasteiger partial charge in [0.25, 0.3) is 0 Å². The van der Waals surface area contributed by atoms with Crippen LogP contribution in [-0.2, 0) is 17.8 Å². The van der Waals surface area contributed by atoms with E-state index in [0.29, 0.717) is 29.2 Å². The number of halogens is 2. The van der Waals surface area contributed by atoms with Gasteiger partial charge in [-0.05, 0) is 29.3 Å². The van der Waals surface area contributed by atoms with Crippen molar-refractivity contribution in [3.63, 3.8) is 0 Å². The first-order chi connectivity index (χ1) is 16.6. The van der Waals surface area contributed by atoms with E-state index < -0.39 is 6.08 Å². The number of amides is 1. The molecule has 3 aromatic rings. The first kappa shape index (κ1) is 23.7. The molecule has 7 nitrogen and oxygen atoms in total. The summed E-state index contributed by atoms with van der Waals surface area (Å²) in [7, 11) is 0. The van der Waals surface area contributed by atoms with Crippen molar-refractivity contribution in [2.24, 2.45) is 0 Å². The fraction of sp³-hybridized carbons (Fsp3) is 0.320. The fourth-order valence-corrected chi connectivity index (χ4v) is 3.75. The number of rotatable bonds is 9. The molecule has 34 heavy (non-hydrogen) atoms. The predicted molar refractivity (Wildman–Crippen MR) is 124 cm³/mol. The van der Waals surface area contributed by atoms with Crippen molar-refractivity contribution in [1.82, 2.24) is 25.5 Å². The lowest BCUT2D eigenvalue weighted by molar-refractivity contribution is -0.120. The van der Waals surface area contributed by atoms with E-state index in [0.717, 1.165) is 38.3 Å². The van der Waals surface area contributed by atoms with Gasteiger partial charge in [0.05, 0.1) is 18.7 Å². The molecule has 1 amide bonds. The van der Waals surface area contributed by atoms with Crippen LogP contribution < -0.4 is 15.4 Å². The first-order valence-electron chi connectivity index (χ1n) is 11.3. The largest absolute Gasteiger partial charge is 0.492 e. The Bertz CT molecular complexity index is 1100. The Morgan fingerprint density at radius 1 is 1.09 bits per heavy atom. The summed E-state index contributed by atoms with van der Waals surface area (Å²) in [6, 6.07) is 13.6. The quantitative estimate of drug-likeness (QED) is 0.471. The predicted octanol–water partition coefficient (Wildman–Crippen LogP) is 2.56. The number of ether oxygens (including phenoxy) is 1. The molecule has 1 saturated heterocycles. The fourth-order valence-electron chi connectivity index (χ4n) is 3.75. The lowest BCUT2D eigenvalue weighted by Gasteiger charge is -2.26. The van der Waals surface area contributed by atoms with Crippen molar-refractivity contribution >= 4 is 5.91 Å². The number of nitrogens with one attached hydrogen (secondary N) is 2. The molecule has 0 saturated carbocycles. The second-order valence-electron chi connectivity index (χ2n) is 8.05. The number of carbonyl (C=O) groups excluding carboxylic acids is 1. The smallest absolute Gasteiger partial charge is 0.308 e. The average Bonchev–Trinajstić information content (AvgIpc) is 2.84. The van der Waals surface area contributed by atoms with Crippen molar-refractivity contribution in [2.45, 2.75) is 13.0 Å². The Balaban J connectivity index is 1.28. The minimum absolute atomic E-state index is 0.116.